The van der Waals surface area contributed by atoms with E-state index in [0.29, 0.717) is 5.92 Å². The molecule has 0 aliphatic carbocycles. The summed E-state index contributed by atoms with van der Waals surface area (Å²) in [6.45, 7) is 9.60. The fourth-order valence-corrected chi connectivity index (χ4v) is 2.29. The molecule has 17 heavy (non-hydrogen) atoms. The van der Waals surface area contributed by atoms with E-state index >= 15 is 0 Å². The average Bonchev–Trinajstić information content (AvgIpc) is 2.25. The van der Waals surface area contributed by atoms with Gasteiger partial charge in [-0.3, -0.25) is 0 Å². The Labute approximate surface area is 109 Å². The minimum Gasteiger partial charge on any atom is -0.370 e. The molecule has 0 unspecified atom stereocenters. The molecule has 0 saturated carbocycles. The summed E-state index contributed by atoms with van der Waals surface area (Å²) in [7, 11) is 0. The summed E-state index contributed by atoms with van der Waals surface area (Å²) >= 11 is 1.76. The third kappa shape index (κ3) is 3.87. The molecule has 0 spiro atoms. The van der Waals surface area contributed by atoms with Gasteiger partial charge in [0, 0.05) is 17.8 Å². The van der Waals surface area contributed by atoms with Crippen LogP contribution in [0, 0.1) is 6.92 Å². The van der Waals surface area contributed by atoms with E-state index in [0.717, 1.165) is 36.1 Å². The first-order chi connectivity index (χ1) is 8.10. The van der Waals surface area contributed by atoms with Crippen LogP contribution in [-0.4, -0.2) is 22.8 Å². The van der Waals surface area contributed by atoms with E-state index in [-0.39, 0.29) is 0 Å². The lowest BCUT2D eigenvalue weighted by atomic mass is 10.0. The summed E-state index contributed by atoms with van der Waals surface area (Å²) in [5, 5.41) is 3.42. The van der Waals surface area contributed by atoms with Crippen LogP contribution in [0.15, 0.2) is 0 Å². The van der Waals surface area contributed by atoms with E-state index in [1.165, 1.54) is 5.56 Å². The lowest BCUT2D eigenvalue weighted by Gasteiger charge is -2.16. The quantitative estimate of drug-likeness (QED) is 0.840. The second kappa shape index (κ2) is 6.84. The van der Waals surface area contributed by atoms with E-state index < -0.39 is 0 Å². The number of nitrogens with zero attached hydrogens (tertiary/aromatic N) is 2. The molecular weight excluding hydrogens is 230 g/mol. The number of rotatable bonds is 6. The second-order valence-corrected chi connectivity index (χ2v) is 5.37. The normalized spacial score (nSPS) is 10.9. The zero-order valence-corrected chi connectivity index (χ0v) is 12.3. The molecule has 0 radical (unpaired) electrons. The van der Waals surface area contributed by atoms with Crippen LogP contribution in [0.2, 0.25) is 0 Å². The third-order valence-corrected chi connectivity index (χ3v) is 3.12. The van der Waals surface area contributed by atoms with Crippen molar-refractivity contribution in [1.29, 1.82) is 0 Å². The van der Waals surface area contributed by atoms with Crippen LogP contribution in [0.3, 0.4) is 0 Å². The molecule has 4 heteroatoms. The van der Waals surface area contributed by atoms with Crippen molar-refractivity contribution in [2.45, 2.75) is 45.8 Å². The first-order valence-electron chi connectivity index (χ1n) is 6.20. The number of aryl methyl sites for hydroxylation is 1. The predicted octanol–water partition coefficient (Wildman–Crippen LogP) is 3.59. The van der Waals surface area contributed by atoms with Gasteiger partial charge in [-0.05, 0) is 25.5 Å². The van der Waals surface area contributed by atoms with Crippen molar-refractivity contribution in [3.63, 3.8) is 0 Å². The highest BCUT2D eigenvalue weighted by Crippen LogP contribution is 2.25. The number of aromatic nitrogens is 2. The van der Waals surface area contributed by atoms with Crippen molar-refractivity contribution in [2.75, 3.05) is 18.1 Å². The first kappa shape index (κ1) is 14.3. The molecule has 1 aromatic rings. The highest BCUT2D eigenvalue weighted by molar-refractivity contribution is 7.97. The Bertz CT molecular complexity index is 364. The molecule has 1 heterocycles. The van der Waals surface area contributed by atoms with Crippen molar-refractivity contribution in [3.8, 4) is 0 Å². The fourth-order valence-electron chi connectivity index (χ4n) is 1.90. The van der Waals surface area contributed by atoms with Crippen LogP contribution in [0.5, 0.6) is 0 Å². The van der Waals surface area contributed by atoms with Gasteiger partial charge in [-0.15, -0.1) is 0 Å². The zero-order valence-electron chi connectivity index (χ0n) is 11.5. The van der Waals surface area contributed by atoms with Crippen molar-refractivity contribution in [3.05, 3.63) is 17.1 Å². The summed E-state index contributed by atoms with van der Waals surface area (Å²) in [5.74, 6) is 3.29. The van der Waals surface area contributed by atoms with E-state index in [1.54, 1.807) is 11.8 Å². The minimum atomic E-state index is 0.456. The summed E-state index contributed by atoms with van der Waals surface area (Å²) in [6.07, 6.45) is 3.19. The molecule has 0 amide bonds. The molecule has 96 valence electrons. The van der Waals surface area contributed by atoms with Crippen LogP contribution >= 0.6 is 11.8 Å². The van der Waals surface area contributed by atoms with Gasteiger partial charge in [0.05, 0.1) is 5.75 Å². The standard InChI is InChI=1S/C13H23N3S/c1-6-7-14-13-12(9(2)3)10(4)15-11(16-13)8-17-5/h9H,6-8H2,1-5H3,(H,14,15,16). The molecule has 0 fully saturated rings. The molecule has 0 aliphatic rings. The summed E-state index contributed by atoms with van der Waals surface area (Å²) < 4.78 is 0. The highest BCUT2D eigenvalue weighted by Gasteiger charge is 2.14. The predicted molar refractivity (Wildman–Crippen MR) is 76.9 cm³/mol. The van der Waals surface area contributed by atoms with E-state index in [2.05, 4.69) is 49.2 Å². The molecule has 1 aromatic heterocycles. The van der Waals surface area contributed by atoms with Crippen LogP contribution in [0.25, 0.3) is 0 Å². The number of hydrogen-bond acceptors (Lipinski definition) is 4. The van der Waals surface area contributed by atoms with Gasteiger partial charge < -0.3 is 5.32 Å². The Morgan fingerprint density at radius 2 is 2.00 bits per heavy atom. The smallest absolute Gasteiger partial charge is 0.140 e. The topological polar surface area (TPSA) is 37.8 Å². The number of nitrogens with one attached hydrogen (secondary N) is 1. The SMILES string of the molecule is CCCNc1nc(CSC)nc(C)c1C(C)C. The van der Waals surface area contributed by atoms with E-state index in [4.69, 9.17) is 0 Å². The Morgan fingerprint density at radius 3 is 2.53 bits per heavy atom. The van der Waals surface area contributed by atoms with Gasteiger partial charge in [0.25, 0.3) is 0 Å². The molecule has 1 N–H and O–H groups in total. The van der Waals surface area contributed by atoms with E-state index in [9.17, 15) is 0 Å². The molecule has 3 nitrogen and oxygen atoms in total. The van der Waals surface area contributed by atoms with Gasteiger partial charge in [-0.1, -0.05) is 20.8 Å². The Morgan fingerprint density at radius 1 is 1.29 bits per heavy atom. The van der Waals surface area contributed by atoms with Gasteiger partial charge in [-0.2, -0.15) is 11.8 Å². The van der Waals surface area contributed by atoms with Crippen LogP contribution < -0.4 is 5.32 Å². The summed E-state index contributed by atoms with van der Waals surface area (Å²) in [4.78, 5) is 9.22. The Kier molecular flexibility index (Phi) is 5.75. The van der Waals surface area contributed by atoms with Gasteiger partial charge in [0.1, 0.15) is 11.6 Å². The lowest BCUT2D eigenvalue weighted by Crippen LogP contribution is -2.11. The fraction of sp³-hybridized carbons (Fsp3) is 0.692. The Balaban J connectivity index is 3.09. The summed E-state index contributed by atoms with van der Waals surface area (Å²) in [6, 6.07) is 0. The maximum Gasteiger partial charge on any atom is 0.140 e. The van der Waals surface area contributed by atoms with Crippen molar-refractivity contribution in [2.24, 2.45) is 0 Å². The third-order valence-electron chi connectivity index (χ3n) is 2.58. The number of thioether (sulfide) groups is 1. The van der Waals surface area contributed by atoms with Crippen LogP contribution in [0.4, 0.5) is 5.82 Å². The first-order valence-corrected chi connectivity index (χ1v) is 7.59. The zero-order chi connectivity index (χ0) is 12.8. The molecule has 0 saturated heterocycles. The van der Waals surface area contributed by atoms with Crippen molar-refractivity contribution >= 4 is 17.6 Å². The maximum atomic E-state index is 4.64. The largest absolute Gasteiger partial charge is 0.370 e. The van der Waals surface area contributed by atoms with Crippen LogP contribution in [0.1, 0.15) is 50.2 Å². The van der Waals surface area contributed by atoms with Gasteiger partial charge in [0.2, 0.25) is 0 Å². The number of anilines is 1. The van der Waals surface area contributed by atoms with Crippen molar-refractivity contribution in [1.82, 2.24) is 9.97 Å². The Hall–Kier alpha value is -0.770. The minimum absolute atomic E-state index is 0.456. The highest BCUT2D eigenvalue weighted by atomic mass is 32.2. The molecule has 0 bridgehead atoms. The summed E-state index contributed by atoms with van der Waals surface area (Å²) in [5.41, 5.74) is 2.36. The van der Waals surface area contributed by atoms with Crippen LogP contribution in [-0.2, 0) is 5.75 Å². The van der Waals surface area contributed by atoms with Gasteiger partial charge >= 0.3 is 0 Å². The van der Waals surface area contributed by atoms with E-state index in [1.807, 2.05) is 0 Å². The van der Waals surface area contributed by atoms with Gasteiger partial charge in [0.15, 0.2) is 0 Å². The molecule has 0 atom stereocenters. The molecule has 0 aliphatic heterocycles. The number of hydrogen-bond donors (Lipinski definition) is 1. The second-order valence-electron chi connectivity index (χ2n) is 4.50. The monoisotopic (exact) mass is 253 g/mol. The van der Waals surface area contributed by atoms with Crippen molar-refractivity contribution < 1.29 is 0 Å². The average molecular weight is 253 g/mol. The van der Waals surface area contributed by atoms with Gasteiger partial charge in [-0.25, -0.2) is 9.97 Å². The molecule has 0 aromatic carbocycles. The maximum absolute atomic E-state index is 4.64. The molecular formula is C13H23N3S. The lowest BCUT2D eigenvalue weighted by molar-refractivity contribution is 0.813. The molecule has 1 rings (SSSR count).